The lowest BCUT2D eigenvalue weighted by Gasteiger charge is -2.25. The monoisotopic (exact) mass is 445 g/mol. The van der Waals surface area contributed by atoms with E-state index in [0.717, 1.165) is 5.69 Å². The zero-order valence-corrected chi connectivity index (χ0v) is 18.3. The predicted octanol–water partition coefficient (Wildman–Crippen LogP) is 5.05. The summed E-state index contributed by atoms with van der Waals surface area (Å²) in [5.41, 5.74) is 4.14. The van der Waals surface area contributed by atoms with Gasteiger partial charge in [-0.1, -0.05) is 42.5 Å². The van der Waals surface area contributed by atoms with Crippen LogP contribution in [0, 0.1) is 0 Å². The second-order valence-corrected chi connectivity index (χ2v) is 8.29. The SMILES string of the molecule is Cn1c(=O)c(C(=O)c2cc[nH]c2)c2c3c(c(Nc4ccccc4)ccc31)C(=O)c1ccccc1-2. The van der Waals surface area contributed by atoms with E-state index in [-0.39, 0.29) is 17.1 Å². The van der Waals surface area contributed by atoms with E-state index in [4.69, 9.17) is 0 Å². The molecule has 0 bridgehead atoms. The first-order valence-corrected chi connectivity index (χ1v) is 10.9. The predicted molar refractivity (Wildman–Crippen MR) is 132 cm³/mol. The second-order valence-electron chi connectivity index (χ2n) is 8.29. The van der Waals surface area contributed by atoms with E-state index in [0.29, 0.717) is 44.4 Å². The van der Waals surface area contributed by atoms with Crippen LogP contribution in [0.5, 0.6) is 0 Å². The topological polar surface area (TPSA) is 84.0 Å². The van der Waals surface area contributed by atoms with Crippen LogP contribution in [0.3, 0.4) is 0 Å². The Morgan fingerprint density at radius 3 is 2.32 bits per heavy atom. The lowest BCUT2D eigenvalue weighted by atomic mass is 9.80. The average Bonchev–Trinajstić information content (AvgIpc) is 3.41. The van der Waals surface area contributed by atoms with Crippen molar-refractivity contribution in [1.82, 2.24) is 9.55 Å². The normalized spacial score (nSPS) is 12.0. The number of carbonyl (C=O) groups is 2. The molecule has 1 aliphatic carbocycles. The molecule has 0 radical (unpaired) electrons. The molecule has 0 amide bonds. The Kier molecular flexibility index (Phi) is 4.35. The summed E-state index contributed by atoms with van der Waals surface area (Å²) in [5.74, 6) is -0.527. The van der Waals surface area contributed by atoms with E-state index in [1.165, 1.54) is 4.57 Å². The quantitative estimate of drug-likeness (QED) is 0.372. The molecule has 6 nitrogen and oxygen atoms in total. The van der Waals surface area contributed by atoms with Gasteiger partial charge in [0.15, 0.2) is 5.78 Å². The molecule has 0 unspecified atom stereocenters. The molecule has 1 aliphatic rings. The number of anilines is 2. The Morgan fingerprint density at radius 2 is 1.59 bits per heavy atom. The van der Waals surface area contributed by atoms with Gasteiger partial charge in [-0.15, -0.1) is 0 Å². The first kappa shape index (κ1) is 19.9. The van der Waals surface area contributed by atoms with Crippen LogP contribution in [-0.2, 0) is 7.05 Å². The molecule has 0 aliphatic heterocycles. The van der Waals surface area contributed by atoms with Crippen LogP contribution in [0.15, 0.2) is 90.0 Å². The zero-order chi connectivity index (χ0) is 23.4. The van der Waals surface area contributed by atoms with Crippen molar-refractivity contribution in [3.8, 4) is 11.1 Å². The maximum Gasteiger partial charge on any atom is 0.262 e. The zero-order valence-electron chi connectivity index (χ0n) is 18.3. The van der Waals surface area contributed by atoms with Gasteiger partial charge in [0.25, 0.3) is 5.56 Å². The fraction of sp³-hybridized carbons (Fsp3) is 0.0357. The largest absolute Gasteiger partial charge is 0.367 e. The number of aromatic nitrogens is 2. The Labute approximate surface area is 194 Å². The Hall–Kier alpha value is -4.71. The highest BCUT2D eigenvalue weighted by atomic mass is 16.1. The maximum atomic E-state index is 13.8. The van der Waals surface area contributed by atoms with Crippen LogP contribution in [0.25, 0.3) is 22.0 Å². The van der Waals surface area contributed by atoms with Crippen molar-refractivity contribution in [1.29, 1.82) is 0 Å². The first-order valence-electron chi connectivity index (χ1n) is 10.9. The van der Waals surface area contributed by atoms with Crippen molar-refractivity contribution in [2.75, 3.05) is 5.32 Å². The molecule has 0 saturated heterocycles. The molecule has 6 rings (SSSR count). The van der Waals surface area contributed by atoms with Crippen molar-refractivity contribution in [3.05, 3.63) is 118 Å². The summed E-state index contributed by atoms with van der Waals surface area (Å²) in [5, 5.41) is 3.95. The minimum Gasteiger partial charge on any atom is -0.367 e. The second kappa shape index (κ2) is 7.42. The molecule has 6 heteroatoms. The van der Waals surface area contributed by atoms with Crippen molar-refractivity contribution in [3.63, 3.8) is 0 Å². The smallest absolute Gasteiger partial charge is 0.262 e. The number of H-pyrrole nitrogens is 1. The number of ketones is 2. The molecule has 34 heavy (non-hydrogen) atoms. The number of nitrogens with zero attached hydrogens (tertiary/aromatic N) is 1. The lowest BCUT2D eigenvalue weighted by Crippen LogP contribution is -2.28. The van der Waals surface area contributed by atoms with E-state index < -0.39 is 5.56 Å². The summed E-state index contributed by atoms with van der Waals surface area (Å²) in [6.07, 6.45) is 3.22. The van der Waals surface area contributed by atoms with Crippen LogP contribution >= 0.6 is 0 Å². The summed E-state index contributed by atoms with van der Waals surface area (Å²) < 4.78 is 1.45. The van der Waals surface area contributed by atoms with Gasteiger partial charge in [-0.25, -0.2) is 0 Å². The van der Waals surface area contributed by atoms with Gasteiger partial charge < -0.3 is 14.9 Å². The number of pyridine rings is 1. The lowest BCUT2D eigenvalue weighted by molar-refractivity contribution is 0.102. The Morgan fingerprint density at radius 1 is 0.853 bits per heavy atom. The van der Waals surface area contributed by atoms with E-state index in [2.05, 4.69) is 10.3 Å². The summed E-state index contributed by atoms with van der Waals surface area (Å²) in [7, 11) is 1.63. The Balaban J connectivity index is 1.76. The van der Waals surface area contributed by atoms with Crippen molar-refractivity contribution in [2.45, 2.75) is 0 Å². The molecular weight excluding hydrogens is 426 g/mol. The van der Waals surface area contributed by atoms with Crippen LogP contribution in [0.1, 0.15) is 31.8 Å². The molecule has 2 aromatic heterocycles. The number of rotatable bonds is 4. The molecule has 164 valence electrons. The Bertz CT molecular complexity index is 1680. The molecular formula is C28H19N3O3. The third-order valence-electron chi connectivity index (χ3n) is 6.37. The highest BCUT2D eigenvalue weighted by molar-refractivity contribution is 6.31. The van der Waals surface area contributed by atoms with Gasteiger partial charge in [0.1, 0.15) is 0 Å². The molecule has 2 N–H and O–H groups in total. The average molecular weight is 445 g/mol. The number of hydrogen-bond donors (Lipinski definition) is 2. The van der Waals surface area contributed by atoms with Gasteiger partial charge >= 0.3 is 0 Å². The van der Waals surface area contributed by atoms with Crippen molar-refractivity contribution >= 4 is 33.8 Å². The molecule has 5 aromatic rings. The molecule has 0 atom stereocenters. The minimum absolute atomic E-state index is 0.0626. The number of benzene rings is 3. The number of carbonyl (C=O) groups excluding carboxylic acids is 2. The number of hydrogen-bond acceptors (Lipinski definition) is 4. The number of aryl methyl sites for hydroxylation is 1. The molecule has 0 spiro atoms. The van der Waals surface area contributed by atoms with Gasteiger partial charge in [-0.05, 0) is 35.9 Å². The highest BCUT2D eigenvalue weighted by Gasteiger charge is 2.33. The summed E-state index contributed by atoms with van der Waals surface area (Å²) in [6, 6.07) is 22.0. The third kappa shape index (κ3) is 2.79. The summed E-state index contributed by atoms with van der Waals surface area (Å²) in [4.78, 5) is 43.8. The number of para-hydroxylation sites is 1. The van der Waals surface area contributed by atoms with Gasteiger partial charge in [0.2, 0.25) is 5.78 Å². The molecule has 3 aromatic carbocycles. The van der Waals surface area contributed by atoms with Crippen molar-refractivity contribution < 1.29 is 9.59 Å². The maximum absolute atomic E-state index is 13.8. The van der Waals surface area contributed by atoms with Gasteiger partial charge in [-0.2, -0.15) is 0 Å². The minimum atomic E-state index is -0.396. The van der Waals surface area contributed by atoms with E-state index in [1.807, 2.05) is 48.5 Å². The highest BCUT2D eigenvalue weighted by Crippen LogP contribution is 2.43. The first-order chi connectivity index (χ1) is 16.6. The van der Waals surface area contributed by atoms with E-state index in [1.54, 1.807) is 43.7 Å². The van der Waals surface area contributed by atoms with Crippen molar-refractivity contribution in [2.24, 2.45) is 7.05 Å². The van der Waals surface area contributed by atoms with Crippen LogP contribution in [-0.4, -0.2) is 21.1 Å². The molecule has 0 saturated carbocycles. The van der Waals surface area contributed by atoms with Crippen LogP contribution < -0.4 is 10.9 Å². The fourth-order valence-electron chi connectivity index (χ4n) is 4.77. The molecule has 2 heterocycles. The number of nitrogens with one attached hydrogen (secondary N) is 2. The van der Waals surface area contributed by atoms with E-state index >= 15 is 0 Å². The summed E-state index contributed by atoms with van der Waals surface area (Å²) in [6.45, 7) is 0. The summed E-state index contributed by atoms with van der Waals surface area (Å²) >= 11 is 0. The number of fused-ring (bicyclic) bond motifs is 2. The van der Waals surface area contributed by atoms with Gasteiger partial charge in [0, 0.05) is 47.2 Å². The number of aromatic amines is 1. The van der Waals surface area contributed by atoms with Crippen LogP contribution in [0.4, 0.5) is 11.4 Å². The fourth-order valence-corrected chi connectivity index (χ4v) is 4.77. The van der Waals surface area contributed by atoms with Gasteiger partial charge in [0.05, 0.1) is 22.3 Å². The third-order valence-corrected chi connectivity index (χ3v) is 6.37. The van der Waals surface area contributed by atoms with E-state index in [9.17, 15) is 14.4 Å². The van der Waals surface area contributed by atoms with Gasteiger partial charge in [-0.3, -0.25) is 14.4 Å². The molecule has 0 fully saturated rings. The van der Waals surface area contributed by atoms with Crippen LogP contribution in [0.2, 0.25) is 0 Å². The standard InChI is InChI=1S/C28H19N3O3/c1-31-21-12-11-20(30-17-7-3-2-4-8-17)23-24(21)22(18-9-5-6-10-19(18)27(23)33)25(28(31)34)26(32)16-13-14-29-15-16/h2-15,29-30H,1H3.